The Morgan fingerprint density at radius 2 is 1.78 bits per heavy atom. The molecule has 6 nitrogen and oxygen atoms in total. The van der Waals surface area contributed by atoms with Gasteiger partial charge in [0.1, 0.15) is 11.4 Å². The molecule has 1 unspecified atom stereocenters. The predicted molar refractivity (Wildman–Crippen MR) is 101 cm³/mol. The number of ether oxygens (including phenoxy) is 2. The summed E-state index contributed by atoms with van der Waals surface area (Å²) >= 11 is 0. The number of hydrogen-bond donors (Lipinski definition) is 0. The van der Waals surface area contributed by atoms with Gasteiger partial charge in [-0.15, -0.1) is 0 Å². The third-order valence-corrected chi connectivity index (χ3v) is 6.48. The van der Waals surface area contributed by atoms with Gasteiger partial charge in [0.25, 0.3) is 0 Å². The van der Waals surface area contributed by atoms with E-state index in [1.54, 1.807) is 19.1 Å². The maximum Gasteiger partial charge on any atom is 0.410 e. The van der Waals surface area contributed by atoms with Crippen LogP contribution in [0, 0.1) is 0 Å². The second kappa shape index (κ2) is 6.73. The highest BCUT2D eigenvalue weighted by atomic mass is 16.6. The van der Waals surface area contributed by atoms with Gasteiger partial charge in [-0.25, -0.2) is 4.79 Å². The summed E-state index contributed by atoms with van der Waals surface area (Å²) in [5, 5.41) is 0. The molecule has 2 saturated heterocycles. The molecule has 6 heteroatoms. The van der Waals surface area contributed by atoms with Gasteiger partial charge < -0.3 is 19.3 Å². The number of benzene rings is 1. The van der Waals surface area contributed by atoms with E-state index in [1.165, 1.54) is 0 Å². The van der Waals surface area contributed by atoms with Crippen molar-refractivity contribution in [2.45, 2.75) is 49.5 Å². The minimum Gasteiger partial charge on any atom is -0.497 e. The van der Waals surface area contributed by atoms with E-state index in [0.717, 1.165) is 56.4 Å². The molecule has 0 bridgehead atoms. The molecule has 3 fully saturated rings. The van der Waals surface area contributed by atoms with Crippen molar-refractivity contribution >= 4 is 12.0 Å². The number of nitrogens with zero attached hydrogens (tertiary/aromatic N) is 2. The van der Waals surface area contributed by atoms with Crippen LogP contribution in [0.3, 0.4) is 0 Å². The number of hydrogen-bond acceptors (Lipinski definition) is 4. The van der Waals surface area contributed by atoms with Crippen LogP contribution in [0.15, 0.2) is 24.3 Å². The Balaban J connectivity index is 1.59. The van der Waals surface area contributed by atoms with Crippen LogP contribution < -0.4 is 4.74 Å². The van der Waals surface area contributed by atoms with Crippen LogP contribution >= 0.6 is 0 Å². The zero-order valence-corrected chi connectivity index (χ0v) is 16.2. The number of piperidine rings is 1. The summed E-state index contributed by atoms with van der Waals surface area (Å²) < 4.78 is 11.0. The van der Waals surface area contributed by atoms with E-state index in [9.17, 15) is 9.59 Å². The molecule has 1 aromatic carbocycles. The van der Waals surface area contributed by atoms with Crippen molar-refractivity contribution in [1.29, 1.82) is 0 Å². The molecule has 1 aliphatic carbocycles. The Hall–Kier alpha value is -2.24. The largest absolute Gasteiger partial charge is 0.497 e. The average Bonchev–Trinajstić information content (AvgIpc) is 3.27. The molecule has 2 heterocycles. The number of likely N-dealkylation sites (tertiary alicyclic amines) is 1. The average molecular weight is 372 g/mol. The van der Waals surface area contributed by atoms with Crippen molar-refractivity contribution < 1.29 is 19.1 Å². The Bertz CT molecular complexity index is 726. The van der Waals surface area contributed by atoms with Crippen molar-refractivity contribution in [3.8, 4) is 5.75 Å². The van der Waals surface area contributed by atoms with Crippen LogP contribution in [0.2, 0.25) is 0 Å². The van der Waals surface area contributed by atoms with Crippen LogP contribution in [0.1, 0.15) is 44.1 Å². The SMILES string of the molecule is COc1ccc(C2(C(=O)N3CCCC4(CN(C)C(=O)O4)C3)CCCC2)cc1. The standard InChI is InChI=1S/C21H28N2O4/c1-22-14-20(27-19(22)25)10-5-13-23(15-20)18(24)21(11-3-4-12-21)16-6-8-17(26-2)9-7-16/h6-9H,3-5,10-15H2,1-2H3. The number of carbonyl (C=O) groups is 2. The first-order chi connectivity index (χ1) is 13.0. The maximum absolute atomic E-state index is 13.7. The van der Waals surface area contributed by atoms with E-state index in [1.807, 2.05) is 29.2 Å². The predicted octanol–water partition coefficient (Wildman–Crippen LogP) is 2.95. The Morgan fingerprint density at radius 1 is 1.07 bits per heavy atom. The van der Waals surface area contributed by atoms with Crippen molar-refractivity contribution in [3.63, 3.8) is 0 Å². The highest BCUT2D eigenvalue weighted by Gasteiger charge is 2.51. The van der Waals surface area contributed by atoms with E-state index >= 15 is 0 Å². The molecule has 2 amide bonds. The highest BCUT2D eigenvalue weighted by molar-refractivity contribution is 5.89. The Kier molecular flexibility index (Phi) is 4.52. The van der Waals surface area contributed by atoms with Crippen LogP contribution in [-0.2, 0) is 14.9 Å². The minimum atomic E-state index is -0.542. The molecule has 2 aliphatic heterocycles. The molecule has 27 heavy (non-hydrogen) atoms. The number of likely N-dealkylation sites (N-methyl/N-ethyl adjacent to an activating group) is 1. The van der Waals surface area contributed by atoms with Gasteiger partial charge >= 0.3 is 6.09 Å². The van der Waals surface area contributed by atoms with Gasteiger partial charge in [0.05, 0.1) is 25.6 Å². The molecule has 0 aromatic heterocycles. The lowest BCUT2D eigenvalue weighted by Gasteiger charge is -2.42. The zero-order chi connectivity index (χ0) is 19.1. The normalized spacial score (nSPS) is 27.1. The second-order valence-corrected chi connectivity index (χ2v) is 8.26. The van der Waals surface area contributed by atoms with Gasteiger partial charge in [0.15, 0.2) is 0 Å². The number of methoxy groups -OCH3 is 1. The number of amides is 2. The fourth-order valence-corrected chi connectivity index (χ4v) is 5.09. The fraction of sp³-hybridized carbons (Fsp3) is 0.619. The van der Waals surface area contributed by atoms with Crippen molar-refractivity contribution in [1.82, 2.24) is 9.80 Å². The summed E-state index contributed by atoms with van der Waals surface area (Å²) in [7, 11) is 3.41. The topological polar surface area (TPSA) is 59.1 Å². The van der Waals surface area contributed by atoms with Crippen LogP contribution in [0.25, 0.3) is 0 Å². The van der Waals surface area contributed by atoms with E-state index in [-0.39, 0.29) is 12.0 Å². The van der Waals surface area contributed by atoms with E-state index in [4.69, 9.17) is 9.47 Å². The molecule has 0 radical (unpaired) electrons. The Morgan fingerprint density at radius 3 is 2.37 bits per heavy atom. The number of carbonyl (C=O) groups excluding carboxylic acids is 2. The summed E-state index contributed by atoms with van der Waals surface area (Å²) in [6.07, 6.45) is 5.29. The quantitative estimate of drug-likeness (QED) is 0.819. The summed E-state index contributed by atoms with van der Waals surface area (Å²) in [6.45, 7) is 1.80. The van der Waals surface area contributed by atoms with Gasteiger partial charge in [-0.05, 0) is 43.4 Å². The lowest BCUT2D eigenvalue weighted by molar-refractivity contribution is -0.143. The minimum absolute atomic E-state index is 0.190. The molecule has 3 aliphatic rings. The molecular weight excluding hydrogens is 344 g/mol. The maximum atomic E-state index is 13.7. The van der Waals surface area contributed by atoms with Crippen molar-refractivity contribution in [2.75, 3.05) is 33.8 Å². The summed E-state index contributed by atoms with van der Waals surface area (Å²) in [5.41, 5.74) is 0.0737. The monoisotopic (exact) mass is 372 g/mol. The first kappa shape index (κ1) is 18.1. The van der Waals surface area contributed by atoms with Crippen molar-refractivity contribution in [3.05, 3.63) is 29.8 Å². The third kappa shape index (κ3) is 3.05. The molecule has 1 saturated carbocycles. The van der Waals surface area contributed by atoms with Gasteiger partial charge in [0.2, 0.25) is 5.91 Å². The van der Waals surface area contributed by atoms with Gasteiger partial charge in [-0.2, -0.15) is 0 Å². The second-order valence-electron chi connectivity index (χ2n) is 8.26. The van der Waals surface area contributed by atoms with Crippen molar-refractivity contribution in [2.24, 2.45) is 0 Å². The lowest BCUT2D eigenvalue weighted by Crippen LogP contribution is -2.56. The highest BCUT2D eigenvalue weighted by Crippen LogP contribution is 2.44. The molecular formula is C21H28N2O4. The molecule has 0 N–H and O–H groups in total. The first-order valence-corrected chi connectivity index (χ1v) is 9.86. The van der Waals surface area contributed by atoms with Gasteiger partial charge in [0, 0.05) is 13.6 Å². The van der Waals surface area contributed by atoms with Crippen LogP contribution in [-0.4, -0.2) is 61.2 Å². The molecule has 1 spiro atoms. The summed E-state index contributed by atoms with van der Waals surface area (Å²) in [4.78, 5) is 29.2. The smallest absolute Gasteiger partial charge is 0.410 e. The van der Waals surface area contributed by atoms with E-state index in [2.05, 4.69) is 0 Å². The third-order valence-electron chi connectivity index (χ3n) is 6.48. The molecule has 1 atom stereocenters. The van der Waals surface area contributed by atoms with Gasteiger partial charge in [-0.3, -0.25) is 4.79 Å². The number of rotatable bonds is 3. The first-order valence-electron chi connectivity index (χ1n) is 9.86. The van der Waals surface area contributed by atoms with E-state index < -0.39 is 11.0 Å². The Labute approximate surface area is 160 Å². The zero-order valence-electron chi connectivity index (χ0n) is 16.2. The summed E-state index contributed by atoms with van der Waals surface area (Å²) in [5.74, 6) is 0.993. The molecule has 1 aromatic rings. The van der Waals surface area contributed by atoms with Gasteiger partial charge in [-0.1, -0.05) is 25.0 Å². The fourth-order valence-electron chi connectivity index (χ4n) is 5.09. The summed E-state index contributed by atoms with van der Waals surface area (Å²) in [6, 6.07) is 7.94. The molecule has 4 rings (SSSR count). The van der Waals surface area contributed by atoms with Crippen LogP contribution in [0.4, 0.5) is 4.79 Å². The van der Waals surface area contributed by atoms with E-state index in [0.29, 0.717) is 13.1 Å². The molecule has 146 valence electrons. The lowest BCUT2D eigenvalue weighted by atomic mass is 9.76. The van der Waals surface area contributed by atoms with Crippen LogP contribution in [0.5, 0.6) is 5.75 Å².